The summed E-state index contributed by atoms with van der Waals surface area (Å²) in [5.74, 6) is -0.232. The number of nitrogen functional groups attached to an aromatic ring is 1. The number of morpholine rings is 1. The van der Waals surface area contributed by atoms with Gasteiger partial charge in [0.25, 0.3) is 0 Å². The Balaban J connectivity index is 0.00000169. The van der Waals surface area contributed by atoms with Crippen molar-refractivity contribution in [3.8, 4) is 0 Å². The molecule has 0 bridgehead atoms. The molecule has 1 fully saturated rings. The van der Waals surface area contributed by atoms with E-state index in [2.05, 4.69) is 10.3 Å². The Morgan fingerprint density at radius 1 is 1.23 bits per heavy atom. The molecule has 0 radical (unpaired) electrons. The van der Waals surface area contributed by atoms with Crippen LogP contribution in [0.25, 0.3) is 0 Å². The van der Waals surface area contributed by atoms with Gasteiger partial charge in [0.05, 0.1) is 25.1 Å². The summed E-state index contributed by atoms with van der Waals surface area (Å²) < 4.78 is 19.0. The quantitative estimate of drug-likeness (QED) is 0.821. The Hall–Kier alpha value is -1.93. The van der Waals surface area contributed by atoms with E-state index in [0.717, 1.165) is 0 Å². The molecule has 0 spiro atoms. The highest BCUT2D eigenvalue weighted by Crippen LogP contribution is 2.24. The van der Waals surface area contributed by atoms with Crippen LogP contribution in [-0.2, 0) is 9.53 Å². The molecule has 3 N–H and O–H groups in total. The number of nitrogens with one attached hydrogen (secondary N) is 1. The van der Waals surface area contributed by atoms with Gasteiger partial charge in [-0.25, -0.2) is 9.37 Å². The molecule has 1 aliphatic heterocycles. The maximum atomic E-state index is 13.6. The lowest BCUT2D eigenvalue weighted by molar-refractivity contribution is -0.123. The zero-order chi connectivity index (χ0) is 16.9. The topological polar surface area (TPSA) is 80.5 Å². The molecule has 3 rings (SSSR count). The van der Waals surface area contributed by atoms with Crippen LogP contribution < -0.4 is 11.1 Å². The maximum Gasteiger partial charge on any atom is 0.246 e. The number of carbonyl (C=O) groups is 1. The smallest absolute Gasteiger partial charge is 0.246 e. The predicted molar refractivity (Wildman–Crippen MR) is 103 cm³/mol. The van der Waals surface area contributed by atoms with Crippen LogP contribution in [0.4, 0.5) is 15.9 Å². The lowest BCUT2D eigenvalue weighted by Crippen LogP contribution is -2.43. The molecule has 1 aliphatic rings. The van der Waals surface area contributed by atoms with E-state index in [9.17, 15) is 9.18 Å². The molecule has 0 aliphatic carbocycles. The van der Waals surface area contributed by atoms with Crippen LogP contribution >= 0.6 is 24.8 Å². The Morgan fingerprint density at radius 2 is 1.96 bits per heavy atom. The first kappa shape index (κ1) is 22.1. The van der Waals surface area contributed by atoms with Crippen LogP contribution in [0.2, 0.25) is 0 Å². The van der Waals surface area contributed by atoms with Crippen LogP contribution in [0.3, 0.4) is 0 Å². The summed E-state index contributed by atoms with van der Waals surface area (Å²) in [5, 5.41) is 2.82. The molecule has 6 nitrogen and oxygen atoms in total. The van der Waals surface area contributed by atoms with Crippen LogP contribution in [-0.4, -0.2) is 42.1 Å². The lowest BCUT2D eigenvalue weighted by Gasteiger charge is -2.33. The van der Waals surface area contributed by atoms with Gasteiger partial charge in [-0.1, -0.05) is 12.1 Å². The molecule has 1 amide bonds. The molecule has 1 atom stereocenters. The Labute approximate surface area is 163 Å². The first-order valence-corrected chi connectivity index (χ1v) is 7.73. The van der Waals surface area contributed by atoms with Gasteiger partial charge in [0.15, 0.2) is 0 Å². The molecular formula is C17H21Cl2FN4O2. The van der Waals surface area contributed by atoms with Gasteiger partial charge < -0.3 is 15.8 Å². The molecule has 1 aromatic carbocycles. The molecule has 1 saturated heterocycles. The number of hydrogen-bond acceptors (Lipinski definition) is 5. The number of anilines is 2. The third kappa shape index (κ3) is 5.54. The lowest BCUT2D eigenvalue weighted by atomic mass is 10.0. The van der Waals surface area contributed by atoms with Crippen LogP contribution in [0, 0.1) is 5.82 Å². The maximum absolute atomic E-state index is 13.6. The first-order chi connectivity index (χ1) is 11.6. The molecule has 1 aromatic heterocycles. The average Bonchev–Trinajstić information content (AvgIpc) is 2.58. The molecule has 1 unspecified atom stereocenters. The van der Waals surface area contributed by atoms with Crippen molar-refractivity contribution in [1.82, 2.24) is 9.88 Å². The van der Waals surface area contributed by atoms with Gasteiger partial charge in [-0.05, 0) is 29.8 Å². The minimum Gasteiger partial charge on any atom is -0.384 e. The zero-order valence-electron chi connectivity index (χ0n) is 13.9. The van der Waals surface area contributed by atoms with Crippen molar-refractivity contribution in [2.75, 3.05) is 37.4 Å². The number of aromatic nitrogens is 1. The Morgan fingerprint density at radius 3 is 2.58 bits per heavy atom. The second-order valence-corrected chi connectivity index (χ2v) is 5.57. The number of halogens is 3. The highest BCUT2D eigenvalue weighted by Gasteiger charge is 2.29. The van der Waals surface area contributed by atoms with E-state index in [1.165, 1.54) is 18.3 Å². The number of rotatable bonds is 4. The van der Waals surface area contributed by atoms with E-state index in [0.29, 0.717) is 43.4 Å². The molecule has 2 heterocycles. The summed E-state index contributed by atoms with van der Waals surface area (Å²) in [6.45, 7) is 2.30. The summed E-state index contributed by atoms with van der Waals surface area (Å²) in [4.78, 5) is 18.8. The van der Waals surface area contributed by atoms with Gasteiger partial charge in [-0.15, -0.1) is 24.8 Å². The summed E-state index contributed by atoms with van der Waals surface area (Å²) in [6, 6.07) is 8.81. The SMILES string of the molecule is Cl.Cl.Nc1ccc(NC(=O)C(c2cccc(F)c2)N2CCOCC2)cn1. The second kappa shape index (κ2) is 10.3. The summed E-state index contributed by atoms with van der Waals surface area (Å²) in [6.07, 6.45) is 1.50. The number of nitrogens with zero attached hydrogens (tertiary/aromatic N) is 2. The predicted octanol–water partition coefficient (Wildman–Crippen LogP) is 2.66. The first-order valence-electron chi connectivity index (χ1n) is 7.73. The number of nitrogens with two attached hydrogens (primary N) is 1. The van der Waals surface area contributed by atoms with E-state index in [4.69, 9.17) is 10.5 Å². The molecule has 26 heavy (non-hydrogen) atoms. The highest BCUT2D eigenvalue weighted by atomic mass is 35.5. The number of hydrogen-bond donors (Lipinski definition) is 2. The van der Waals surface area contributed by atoms with Crippen LogP contribution in [0.5, 0.6) is 0 Å². The van der Waals surface area contributed by atoms with Gasteiger partial charge in [0.1, 0.15) is 17.7 Å². The molecule has 9 heteroatoms. The summed E-state index contributed by atoms with van der Waals surface area (Å²) in [7, 11) is 0. The van der Waals surface area contributed by atoms with E-state index < -0.39 is 6.04 Å². The fraction of sp³-hybridized carbons (Fsp3) is 0.294. The number of carbonyl (C=O) groups excluding carboxylic acids is 1. The largest absolute Gasteiger partial charge is 0.384 e. The van der Waals surface area contributed by atoms with Crippen molar-refractivity contribution < 1.29 is 13.9 Å². The number of amides is 1. The monoisotopic (exact) mass is 402 g/mol. The molecule has 142 valence electrons. The van der Waals surface area contributed by atoms with E-state index in [-0.39, 0.29) is 36.5 Å². The number of benzene rings is 1. The Bertz CT molecular complexity index is 712. The minimum atomic E-state index is -0.595. The Kier molecular flexibility index (Phi) is 8.74. The van der Waals surface area contributed by atoms with E-state index >= 15 is 0 Å². The second-order valence-electron chi connectivity index (χ2n) is 5.57. The van der Waals surface area contributed by atoms with Gasteiger partial charge in [0.2, 0.25) is 5.91 Å². The third-order valence-electron chi connectivity index (χ3n) is 3.88. The number of ether oxygens (including phenoxy) is 1. The van der Waals surface area contributed by atoms with E-state index in [1.54, 1.807) is 24.3 Å². The van der Waals surface area contributed by atoms with Gasteiger partial charge in [0, 0.05) is 13.1 Å². The van der Waals surface area contributed by atoms with Crippen molar-refractivity contribution in [1.29, 1.82) is 0 Å². The fourth-order valence-electron chi connectivity index (χ4n) is 2.73. The van der Waals surface area contributed by atoms with Gasteiger partial charge >= 0.3 is 0 Å². The standard InChI is InChI=1S/C17H19FN4O2.2ClH/c18-13-3-1-2-12(10-13)16(22-6-8-24-9-7-22)17(23)21-14-4-5-15(19)20-11-14;;/h1-5,10-11,16H,6-9H2,(H2,19,20)(H,21,23);2*1H. The van der Waals surface area contributed by atoms with Crippen molar-refractivity contribution in [3.63, 3.8) is 0 Å². The molecule has 2 aromatic rings. The summed E-state index contributed by atoms with van der Waals surface area (Å²) in [5.41, 5.74) is 6.71. The van der Waals surface area contributed by atoms with Crippen molar-refractivity contribution in [2.45, 2.75) is 6.04 Å². The van der Waals surface area contributed by atoms with Gasteiger partial charge in [-0.2, -0.15) is 0 Å². The fourth-order valence-corrected chi connectivity index (χ4v) is 2.73. The van der Waals surface area contributed by atoms with Crippen molar-refractivity contribution in [3.05, 3.63) is 54.0 Å². The third-order valence-corrected chi connectivity index (χ3v) is 3.88. The van der Waals surface area contributed by atoms with Crippen LogP contribution in [0.1, 0.15) is 11.6 Å². The highest BCUT2D eigenvalue weighted by molar-refractivity contribution is 5.95. The van der Waals surface area contributed by atoms with Gasteiger partial charge in [-0.3, -0.25) is 9.69 Å². The molecule has 0 saturated carbocycles. The normalized spacial score (nSPS) is 15.3. The average molecular weight is 403 g/mol. The van der Waals surface area contributed by atoms with Crippen LogP contribution in [0.15, 0.2) is 42.6 Å². The number of pyridine rings is 1. The molecular weight excluding hydrogens is 382 g/mol. The minimum absolute atomic E-state index is 0. The zero-order valence-corrected chi connectivity index (χ0v) is 15.6. The van der Waals surface area contributed by atoms with Crippen molar-refractivity contribution in [2.24, 2.45) is 0 Å². The van der Waals surface area contributed by atoms with E-state index in [1.807, 2.05) is 4.90 Å². The summed E-state index contributed by atoms with van der Waals surface area (Å²) >= 11 is 0. The van der Waals surface area contributed by atoms with Crippen molar-refractivity contribution >= 4 is 42.2 Å².